The maximum Gasteiger partial charge on any atom is 0.255 e. The molecule has 2 N–H and O–H groups in total. The van der Waals surface area contributed by atoms with Crippen LogP contribution in [-0.4, -0.2) is 29.1 Å². The second kappa shape index (κ2) is 6.81. The molecule has 0 fully saturated rings. The van der Waals surface area contributed by atoms with Gasteiger partial charge in [-0.2, -0.15) is 0 Å². The summed E-state index contributed by atoms with van der Waals surface area (Å²) in [4.78, 5) is 11.6. The van der Waals surface area contributed by atoms with Gasteiger partial charge in [0.05, 0.1) is 11.3 Å². The van der Waals surface area contributed by atoms with Gasteiger partial charge in [0.2, 0.25) is 0 Å². The molecule has 0 heterocycles. The first-order valence-corrected chi connectivity index (χ1v) is 6.08. The Balaban J connectivity index is 2.47. The largest absolute Gasteiger partial charge is 0.507 e. The first-order chi connectivity index (χ1) is 8.15. The monoisotopic (exact) mass is 253 g/mol. The molecule has 17 heavy (non-hydrogen) atoms. The Kier molecular flexibility index (Phi) is 5.37. The average molecular weight is 253 g/mol. The number of halogens is 1. The molecule has 3 nitrogen and oxygen atoms in total. The lowest BCUT2D eigenvalue weighted by molar-refractivity contribution is 0.0953. The number of rotatable bonds is 5. The molecule has 0 aromatic heterocycles. The number of hydrogen-bond donors (Lipinski definition) is 2. The number of terminal acetylenes is 1. The Hall–Kier alpha value is -1.67. The summed E-state index contributed by atoms with van der Waals surface area (Å²) in [6.07, 6.45) is 5.07. The fraction of sp³-hybridized carbons (Fsp3) is 0.250. The van der Waals surface area contributed by atoms with Crippen molar-refractivity contribution in [3.05, 3.63) is 29.6 Å². The van der Waals surface area contributed by atoms with Crippen molar-refractivity contribution in [2.45, 2.75) is 0 Å². The Bertz CT molecular complexity index is 443. The number of thioether (sulfide) groups is 1. The minimum atomic E-state index is -0.561. The second-order valence-corrected chi connectivity index (χ2v) is 4.28. The number of carbonyl (C=O) groups is 1. The van der Waals surface area contributed by atoms with Crippen molar-refractivity contribution in [3.63, 3.8) is 0 Å². The molecule has 1 rings (SSSR count). The highest BCUT2D eigenvalue weighted by atomic mass is 32.2. The van der Waals surface area contributed by atoms with Gasteiger partial charge in [-0.3, -0.25) is 4.79 Å². The molecule has 0 bridgehead atoms. The van der Waals surface area contributed by atoms with E-state index in [1.165, 1.54) is 11.8 Å². The summed E-state index contributed by atoms with van der Waals surface area (Å²) in [7, 11) is 0. The number of amides is 1. The zero-order chi connectivity index (χ0) is 12.7. The van der Waals surface area contributed by atoms with Crippen LogP contribution in [0.2, 0.25) is 0 Å². The van der Waals surface area contributed by atoms with Crippen LogP contribution in [0.3, 0.4) is 0 Å². The minimum Gasteiger partial charge on any atom is -0.507 e. The molecule has 0 aliphatic carbocycles. The maximum absolute atomic E-state index is 12.9. The zero-order valence-corrected chi connectivity index (χ0v) is 9.89. The molecule has 1 aromatic carbocycles. The van der Waals surface area contributed by atoms with Gasteiger partial charge in [0.25, 0.3) is 5.91 Å². The Morgan fingerprint density at radius 3 is 3.06 bits per heavy atom. The van der Waals surface area contributed by atoms with E-state index in [2.05, 4.69) is 11.2 Å². The summed E-state index contributed by atoms with van der Waals surface area (Å²) in [6.45, 7) is 0.418. The molecule has 90 valence electrons. The van der Waals surface area contributed by atoms with Crippen molar-refractivity contribution in [3.8, 4) is 18.1 Å². The lowest BCUT2D eigenvalue weighted by atomic mass is 10.2. The normalized spacial score (nSPS) is 9.65. The number of phenolic OH excluding ortho intramolecular Hbond substituents is 1. The van der Waals surface area contributed by atoms with E-state index in [1.54, 1.807) is 0 Å². The lowest BCUT2D eigenvalue weighted by Gasteiger charge is -2.06. The molecule has 0 atom stereocenters. The van der Waals surface area contributed by atoms with Gasteiger partial charge in [0.15, 0.2) is 0 Å². The minimum absolute atomic E-state index is 0.0630. The number of hydrogen-bond acceptors (Lipinski definition) is 3. The SMILES string of the molecule is C#CCSCCNC(=O)c1cc(F)ccc1O. The smallest absolute Gasteiger partial charge is 0.255 e. The van der Waals surface area contributed by atoms with Crippen LogP contribution < -0.4 is 5.32 Å². The number of nitrogens with one attached hydrogen (secondary N) is 1. The highest BCUT2D eigenvalue weighted by Crippen LogP contribution is 2.17. The van der Waals surface area contributed by atoms with E-state index in [0.29, 0.717) is 18.1 Å². The summed E-state index contributed by atoms with van der Waals surface area (Å²) < 4.78 is 12.9. The highest BCUT2D eigenvalue weighted by molar-refractivity contribution is 7.99. The van der Waals surface area contributed by atoms with Gasteiger partial charge in [-0.1, -0.05) is 5.92 Å². The van der Waals surface area contributed by atoms with E-state index in [9.17, 15) is 14.3 Å². The predicted molar refractivity (Wildman–Crippen MR) is 66.6 cm³/mol. The first kappa shape index (κ1) is 13.4. The molecule has 0 unspecified atom stereocenters. The fourth-order valence-corrected chi connectivity index (χ4v) is 1.66. The van der Waals surface area contributed by atoms with Crippen LogP contribution in [0.15, 0.2) is 18.2 Å². The molecule has 0 saturated carbocycles. The number of phenols is 1. The third-order valence-corrected chi connectivity index (χ3v) is 2.78. The molecule has 0 aliphatic heterocycles. The van der Waals surface area contributed by atoms with E-state index in [1.807, 2.05) is 0 Å². The lowest BCUT2D eigenvalue weighted by Crippen LogP contribution is -2.26. The van der Waals surface area contributed by atoms with Crippen LogP contribution in [0.4, 0.5) is 4.39 Å². The van der Waals surface area contributed by atoms with Crippen molar-refractivity contribution in [2.24, 2.45) is 0 Å². The second-order valence-electron chi connectivity index (χ2n) is 3.17. The fourth-order valence-electron chi connectivity index (χ4n) is 1.15. The van der Waals surface area contributed by atoms with Gasteiger partial charge in [-0.25, -0.2) is 4.39 Å². The molecule has 0 spiro atoms. The number of carbonyl (C=O) groups excluding carboxylic acids is 1. The summed E-state index contributed by atoms with van der Waals surface area (Å²) in [5.41, 5.74) is -0.0630. The predicted octanol–water partition coefficient (Wildman–Crippen LogP) is 1.63. The van der Waals surface area contributed by atoms with Gasteiger partial charge in [-0.05, 0) is 18.2 Å². The van der Waals surface area contributed by atoms with Crippen LogP contribution >= 0.6 is 11.8 Å². The van der Waals surface area contributed by atoms with Crippen molar-refractivity contribution in [1.82, 2.24) is 5.32 Å². The van der Waals surface area contributed by atoms with Crippen molar-refractivity contribution in [1.29, 1.82) is 0 Å². The van der Waals surface area contributed by atoms with Crippen molar-refractivity contribution >= 4 is 17.7 Å². The van der Waals surface area contributed by atoms with E-state index in [-0.39, 0.29) is 11.3 Å². The standard InChI is InChI=1S/C12H12FNO2S/c1-2-6-17-7-5-14-12(16)10-8-9(13)3-4-11(10)15/h1,3-4,8,15H,5-7H2,(H,14,16). The van der Waals surface area contributed by atoms with Gasteiger partial charge < -0.3 is 10.4 Å². The summed E-state index contributed by atoms with van der Waals surface area (Å²) in [5, 5.41) is 12.0. The van der Waals surface area contributed by atoms with E-state index in [4.69, 9.17) is 6.42 Å². The third kappa shape index (κ3) is 4.37. The third-order valence-electron chi connectivity index (χ3n) is 1.92. The first-order valence-electron chi connectivity index (χ1n) is 4.93. The molecule has 0 aliphatic rings. The number of aromatic hydroxyl groups is 1. The summed E-state index contributed by atoms with van der Waals surface area (Å²) >= 11 is 1.51. The Labute approximate surface area is 103 Å². The quantitative estimate of drug-likeness (QED) is 0.619. The summed E-state index contributed by atoms with van der Waals surface area (Å²) in [6, 6.07) is 3.24. The average Bonchev–Trinajstić information content (AvgIpc) is 2.32. The topological polar surface area (TPSA) is 49.3 Å². The molecular weight excluding hydrogens is 241 g/mol. The van der Waals surface area contributed by atoms with Gasteiger partial charge in [0.1, 0.15) is 11.6 Å². The van der Waals surface area contributed by atoms with E-state index in [0.717, 1.165) is 18.2 Å². The maximum atomic E-state index is 12.9. The van der Waals surface area contributed by atoms with Gasteiger partial charge >= 0.3 is 0 Å². The van der Waals surface area contributed by atoms with E-state index >= 15 is 0 Å². The van der Waals surface area contributed by atoms with Crippen molar-refractivity contribution < 1.29 is 14.3 Å². The van der Waals surface area contributed by atoms with E-state index < -0.39 is 11.7 Å². The molecule has 0 saturated heterocycles. The van der Waals surface area contributed by atoms with Crippen LogP contribution in [0.25, 0.3) is 0 Å². The molecule has 0 radical (unpaired) electrons. The summed E-state index contributed by atoms with van der Waals surface area (Å²) in [5.74, 6) is 2.43. The molecule has 1 aromatic rings. The molecular formula is C12H12FNO2S. The molecule has 5 heteroatoms. The van der Waals surface area contributed by atoms with Gasteiger partial charge in [-0.15, -0.1) is 18.2 Å². The zero-order valence-electron chi connectivity index (χ0n) is 9.07. The van der Waals surface area contributed by atoms with Crippen LogP contribution in [0, 0.1) is 18.2 Å². The van der Waals surface area contributed by atoms with Crippen LogP contribution in [-0.2, 0) is 0 Å². The van der Waals surface area contributed by atoms with Gasteiger partial charge in [0, 0.05) is 12.3 Å². The number of benzene rings is 1. The Morgan fingerprint density at radius 1 is 1.59 bits per heavy atom. The molecule has 1 amide bonds. The Morgan fingerprint density at radius 2 is 2.35 bits per heavy atom. The van der Waals surface area contributed by atoms with Crippen molar-refractivity contribution in [2.75, 3.05) is 18.1 Å². The van der Waals surface area contributed by atoms with Crippen LogP contribution in [0.1, 0.15) is 10.4 Å². The van der Waals surface area contributed by atoms with Crippen LogP contribution in [0.5, 0.6) is 5.75 Å². The highest BCUT2D eigenvalue weighted by Gasteiger charge is 2.11.